The Labute approximate surface area is 191 Å². The van der Waals surface area contributed by atoms with Crippen molar-refractivity contribution in [2.45, 2.75) is 84.7 Å². The molecule has 0 aliphatic carbocycles. The van der Waals surface area contributed by atoms with Crippen LogP contribution in [0.2, 0.25) is 0 Å². The predicted molar refractivity (Wildman–Crippen MR) is 126 cm³/mol. The first-order valence-corrected chi connectivity index (χ1v) is 11.4. The van der Waals surface area contributed by atoms with Gasteiger partial charge in [-0.3, -0.25) is 4.79 Å². The van der Waals surface area contributed by atoms with E-state index in [1.165, 1.54) is 5.56 Å². The van der Waals surface area contributed by atoms with Crippen LogP contribution in [0.1, 0.15) is 88.4 Å². The van der Waals surface area contributed by atoms with Crippen molar-refractivity contribution in [3.8, 4) is 17.6 Å². The molecule has 170 valence electrons. The summed E-state index contributed by atoms with van der Waals surface area (Å²) in [5, 5.41) is 8.55. The third-order valence-electron chi connectivity index (χ3n) is 5.72. The molecule has 5 nitrogen and oxygen atoms in total. The molecule has 0 spiro atoms. The molecule has 0 radical (unpaired) electrons. The zero-order chi connectivity index (χ0) is 23.4. The number of hydrogen-bond acceptors (Lipinski definition) is 5. The zero-order valence-corrected chi connectivity index (χ0v) is 20.2. The fraction of sp³-hybridized carbons (Fsp3) is 0.519. The van der Waals surface area contributed by atoms with Gasteiger partial charge in [0.25, 0.3) is 0 Å². The van der Waals surface area contributed by atoms with E-state index in [-0.39, 0.29) is 17.0 Å². The number of nitrogens with zero attached hydrogens (tertiary/aromatic N) is 2. The van der Waals surface area contributed by atoms with Gasteiger partial charge in [-0.25, -0.2) is 0 Å². The second kappa shape index (κ2) is 9.73. The number of esters is 1. The highest BCUT2D eigenvalue weighted by Gasteiger charge is 2.39. The van der Waals surface area contributed by atoms with Crippen LogP contribution in [0.5, 0.6) is 5.75 Å². The number of rotatable bonds is 6. The summed E-state index contributed by atoms with van der Waals surface area (Å²) in [4.78, 5) is 11.4. The van der Waals surface area contributed by atoms with Crippen molar-refractivity contribution in [2.75, 3.05) is 6.61 Å². The Bertz CT molecular complexity index is 1030. The summed E-state index contributed by atoms with van der Waals surface area (Å²) >= 11 is 0. The van der Waals surface area contributed by atoms with Crippen molar-refractivity contribution in [2.24, 2.45) is 0 Å². The number of fused-ring (bicyclic) bond motifs is 1. The molecule has 2 aromatic rings. The van der Waals surface area contributed by atoms with E-state index in [1.54, 1.807) is 0 Å². The molecule has 0 N–H and O–H groups in total. The Morgan fingerprint density at radius 3 is 2.59 bits per heavy atom. The second-order valence-corrected chi connectivity index (χ2v) is 9.76. The first-order chi connectivity index (χ1) is 15.1. The molecular formula is C27H34N2O3. The van der Waals surface area contributed by atoms with Gasteiger partial charge in [0.15, 0.2) is 0 Å². The molecule has 0 bridgehead atoms. The molecule has 1 aromatic carbocycles. The standard InChI is InChI=1S/C27H34N2O3/c1-7-31-25(30)11-9-8-10-21-14-15-22(29-28-21)13-12-20-17-23-24(16-19(20)2)32-27(5,6)18-26(23,3)4/h14-17H,7-11,18H2,1-6H3. The van der Waals surface area contributed by atoms with Crippen LogP contribution >= 0.6 is 0 Å². The third kappa shape index (κ3) is 6.09. The lowest BCUT2D eigenvalue weighted by Crippen LogP contribution is -2.41. The molecule has 0 saturated carbocycles. The minimum absolute atomic E-state index is 0.0238. The van der Waals surface area contributed by atoms with Gasteiger partial charge in [-0.05, 0) is 94.5 Å². The summed E-state index contributed by atoms with van der Waals surface area (Å²) in [6, 6.07) is 8.13. The van der Waals surface area contributed by atoms with Crippen molar-refractivity contribution in [3.05, 3.63) is 52.3 Å². The summed E-state index contributed by atoms with van der Waals surface area (Å²) < 4.78 is 11.2. The van der Waals surface area contributed by atoms with Gasteiger partial charge in [0, 0.05) is 17.5 Å². The molecule has 32 heavy (non-hydrogen) atoms. The van der Waals surface area contributed by atoms with E-state index in [2.05, 4.69) is 68.8 Å². The first kappa shape index (κ1) is 23.8. The number of unbranched alkanes of at least 4 members (excludes halogenated alkanes) is 1. The maximum absolute atomic E-state index is 11.4. The fourth-order valence-electron chi connectivity index (χ4n) is 4.42. The smallest absolute Gasteiger partial charge is 0.305 e. The van der Waals surface area contributed by atoms with Gasteiger partial charge in [-0.2, -0.15) is 5.10 Å². The second-order valence-electron chi connectivity index (χ2n) is 9.76. The number of carbonyl (C=O) groups excluding carboxylic acids is 1. The minimum Gasteiger partial charge on any atom is -0.488 e. The molecule has 1 aliphatic rings. The van der Waals surface area contributed by atoms with Gasteiger partial charge in [-0.15, -0.1) is 5.10 Å². The molecule has 0 fully saturated rings. The van der Waals surface area contributed by atoms with Crippen LogP contribution in [0, 0.1) is 18.8 Å². The summed E-state index contributed by atoms with van der Waals surface area (Å²) in [6.45, 7) is 13.1. The first-order valence-electron chi connectivity index (χ1n) is 11.4. The zero-order valence-electron chi connectivity index (χ0n) is 20.2. The monoisotopic (exact) mass is 434 g/mol. The number of aromatic nitrogens is 2. The van der Waals surface area contributed by atoms with Crippen LogP contribution in [0.25, 0.3) is 0 Å². The highest BCUT2D eigenvalue weighted by atomic mass is 16.5. The minimum atomic E-state index is -0.174. The predicted octanol–water partition coefficient (Wildman–Crippen LogP) is 5.30. The quantitative estimate of drug-likeness (QED) is 0.351. The van der Waals surface area contributed by atoms with Gasteiger partial charge < -0.3 is 9.47 Å². The van der Waals surface area contributed by atoms with E-state index in [1.807, 2.05) is 19.1 Å². The Balaban J connectivity index is 1.66. The highest BCUT2D eigenvalue weighted by molar-refractivity contribution is 5.69. The van der Waals surface area contributed by atoms with Crippen molar-refractivity contribution in [3.63, 3.8) is 0 Å². The van der Waals surface area contributed by atoms with Crippen LogP contribution in [-0.4, -0.2) is 28.4 Å². The van der Waals surface area contributed by atoms with Gasteiger partial charge in [0.2, 0.25) is 0 Å². The lowest BCUT2D eigenvalue weighted by molar-refractivity contribution is -0.143. The number of benzene rings is 1. The molecule has 0 amide bonds. The molecule has 1 aromatic heterocycles. The average Bonchev–Trinajstić information content (AvgIpc) is 2.69. The number of hydrogen-bond donors (Lipinski definition) is 0. The lowest BCUT2D eigenvalue weighted by atomic mass is 9.73. The van der Waals surface area contributed by atoms with Crippen molar-refractivity contribution in [1.82, 2.24) is 10.2 Å². The Morgan fingerprint density at radius 1 is 1.12 bits per heavy atom. The summed E-state index contributed by atoms with van der Waals surface area (Å²) in [5.41, 5.74) is 4.69. The van der Waals surface area contributed by atoms with Crippen LogP contribution in [0.3, 0.4) is 0 Å². The Morgan fingerprint density at radius 2 is 1.91 bits per heavy atom. The van der Waals surface area contributed by atoms with E-state index in [9.17, 15) is 4.79 Å². The van der Waals surface area contributed by atoms with E-state index < -0.39 is 0 Å². The molecular weight excluding hydrogens is 400 g/mol. The molecule has 5 heteroatoms. The van der Waals surface area contributed by atoms with Gasteiger partial charge in [0.1, 0.15) is 17.0 Å². The SMILES string of the molecule is CCOC(=O)CCCCc1ccc(C#Cc2cc3c(cc2C)OC(C)(C)CC3(C)C)nn1. The van der Waals surface area contributed by atoms with Crippen LogP contribution in [0.4, 0.5) is 0 Å². The van der Waals surface area contributed by atoms with E-state index in [0.717, 1.165) is 48.3 Å². The Hall–Kier alpha value is -2.87. The maximum Gasteiger partial charge on any atom is 0.305 e. The number of aryl methyl sites for hydroxylation is 2. The lowest BCUT2D eigenvalue weighted by Gasteiger charge is -2.42. The van der Waals surface area contributed by atoms with Crippen molar-refractivity contribution < 1.29 is 14.3 Å². The Kier molecular flexibility index (Phi) is 7.23. The number of carbonyl (C=O) groups is 1. The molecule has 1 aliphatic heterocycles. The molecule has 0 atom stereocenters. The number of ether oxygens (including phenoxy) is 2. The van der Waals surface area contributed by atoms with Crippen LogP contribution in [-0.2, 0) is 21.4 Å². The van der Waals surface area contributed by atoms with Crippen LogP contribution < -0.4 is 4.74 Å². The van der Waals surface area contributed by atoms with Gasteiger partial charge in [-0.1, -0.05) is 19.8 Å². The van der Waals surface area contributed by atoms with Crippen molar-refractivity contribution >= 4 is 5.97 Å². The van der Waals surface area contributed by atoms with Gasteiger partial charge in [0.05, 0.1) is 12.3 Å². The fourth-order valence-corrected chi connectivity index (χ4v) is 4.42. The molecule has 0 saturated heterocycles. The average molecular weight is 435 g/mol. The molecule has 2 heterocycles. The normalized spacial score (nSPS) is 15.7. The highest BCUT2D eigenvalue weighted by Crippen LogP contribution is 2.45. The van der Waals surface area contributed by atoms with E-state index in [4.69, 9.17) is 9.47 Å². The largest absolute Gasteiger partial charge is 0.488 e. The topological polar surface area (TPSA) is 61.3 Å². The summed E-state index contributed by atoms with van der Waals surface area (Å²) in [6.07, 6.45) is 3.86. The molecule has 3 rings (SSSR count). The molecule has 0 unspecified atom stereocenters. The summed E-state index contributed by atoms with van der Waals surface area (Å²) in [5.74, 6) is 7.25. The van der Waals surface area contributed by atoms with Crippen molar-refractivity contribution in [1.29, 1.82) is 0 Å². The van der Waals surface area contributed by atoms with E-state index in [0.29, 0.717) is 18.7 Å². The van der Waals surface area contributed by atoms with Crippen LogP contribution in [0.15, 0.2) is 24.3 Å². The van der Waals surface area contributed by atoms with Gasteiger partial charge >= 0.3 is 5.97 Å². The van der Waals surface area contributed by atoms with E-state index >= 15 is 0 Å². The third-order valence-corrected chi connectivity index (χ3v) is 5.72. The summed E-state index contributed by atoms with van der Waals surface area (Å²) in [7, 11) is 0. The maximum atomic E-state index is 11.4.